The molecule has 6 heteroatoms. The van der Waals surface area contributed by atoms with E-state index in [4.69, 9.17) is 5.73 Å². The minimum absolute atomic E-state index is 0.0760. The van der Waals surface area contributed by atoms with E-state index >= 15 is 0 Å². The smallest absolute Gasteiger partial charge is 0.261 e. The largest absolute Gasteiger partial charge is 0.347 e. The quantitative estimate of drug-likeness (QED) is 0.715. The summed E-state index contributed by atoms with van der Waals surface area (Å²) in [5.74, 6) is -0.0760. The Morgan fingerprint density at radius 1 is 1.32 bits per heavy atom. The molecule has 0 bridgehead atoms. The van der Waals surface area contributed by atoms with Gasteiger partial charge in [-0.1, -0.05) is 30.3 Å². The van der Waals surface area contributed by atoms with E-state index in [2.05, 4.69) is 10.4 Å². The van der Waals surface area contributed by atoms with Crippen LogP contribution in [0.15, 0.2) is 48.7 Å². The third-order valence-electron chi connectivity index (χ3n) is 4.14. The summed E-state index contributed by atoms with van der Waals surface area (Å²) in [6, 6.07) is 13.9. The Hall–Kier alpha value is -2.44. The zero-order chi connectivity index (χ0) is 17.8. The van der Waals surface area contributed by atoms with Gasteiger partial charge in [-0.15, -0.1) is 11.3 Å². The summed E-state index contributed by atoms with van der Waals surface area (Å²) >= 11 is 1.48. The van der Waals surface area contributed by atoms with Crippen LogP contribution in [0.2, 0.25) is 0 Å². The lowest BCUT2D eigenvalue weighted by molar-refractivity contribution is 0.0942. The zero-order valence-corrected chi connectivity index (χ0v) is 15.2. The maximum Gasteiger partial charge on any atom is 0.261 e. The molecule has 0 aliphatic carbocycles. The molecule has 3 rings (SSSR count). The number of thiophene rings is 1. The number of benzene rings is 1. The van der Waals surface area contributed by atoms with Crippen LogP contribution >= 0.6 is 11.3 Å². The van der Waals surface area contributed by atoms with Gasteiger partial charge in [-0.25, -0.2) is 0 Å². The first kappa shape index (κ1) is 17.4. The van der Waals surface area contributed by atoms with Crippen LogP contribution in [-0.4, -0.2) is 28.3 Å². The van der Waals surface area contributed by atoms with Gasteiger partial charge < -0.3 is 11.1 Å². The summed E-state index contributed by atoms with van der Waals surface area (Å²) in [7, 11) is 1.90. The number of amides is 1. The van der Waals surface area contributed by atoms with Crippen molar-refractivity contribution in [3.05, 3.63) is 64.7 Å². The fraction of sp³-hybridized carbons (Fsp3) is 0.263. The number of carbonyl (C=O) groups excluding carboxylic acids is 1. The lowest BCUT2D eigenvalue weighted by atomic mass is 10.1. The number of hydrogen-bond donors (Lipinski definition) is 2. The molecule has 1 amide bonds. The van der Waals surface area contributed by atoms with Crippen molar-refractivity contribution in [2.45, 2.75) is 19.4 Å². The van der Waals surface area contributed by atoms with Gasteiger partial charge in [0.05, 0.1) is 15.4 Å². The average molecular weight is 354 g/mol. The van der Waals surface area contributed by atoms with Gasteiger partial charge >= 0.3 is 0 Å². The molecule has 0 saturated heterocycles. The van der Waals surface area contributed by atoms with Gasteiger partial charge in [0.15, 0.2) is 0 Å². The van der Waals surface area contributed by atoms with Gasteiger partial charge in [0, 0.05) is 25.8 Å². The molecule has 0 spiro atoms. The summed E-state index contributed by atoms with van der Waals surface area (Å²) in [5, 5.41) is 7.26. The van der Waals surface area contributed by atoms with Crippen LogP contribution in [0, 0.1) is 6.92 Å². The molecule has 2 heterocycles. The second-order valence-corrected chi connectivity index (χ2v) is 7.11. The normalized spacial score (nSPS) is 12.1. The minimum atomic E-state index is -0.0857. The van der Waals surface area contributed by atoms with E-state index < -0.39 is 0 Å². The Bertz CT molecular complexity index is 853. The number of nitrogens with one attached hydrogen (secondary N) is 1. The minimum Gasteiger partial charge on any atom is -0.347 e. The summed E-state index contributed by atoms with van der Waals surface area (Å²) in [6.07, 6.45) is 2.49. The number of aromatic nitrogens is 2. The molecule has 3 N–H and O–H groups in total. The molecule has 3 aromatic rings. The lowest BCUT2D eigenvalue weighted by Crippen LogP contribution is -2.41. The van der Waals surface area contributed by atoms with Gasteiger partial charge in [0.25, 0.3) is 5.91 Å². The molecule has 0 saturated carbocycles. The monoisotopic (exact) mass is 354 g/mol. The SMILES string of the molecule is Cc1cc(C(=O)NC(CN)Cc2ccccc2)sc1-c1ccnn1C. The molecule has 25 heavy (non-hydrogen) atoms. The highest BCUT2D eigenvalue weighted by molar-refractivity contribution is 7.17. The average Bonchev–Trinajstić information content (AvgIpc) is 3.20. The maximum atomic E-state index is 12.6. The summed E-state index contributed by atoms with van der Waals surface area (Å²) < 4.78 is 1.82. The molecule has 1 aromatic carbocycles. The Morgan fingerprint density at radius 3 is 2.72 bits per heavy atom. The second kappa shape index (κ2) is 7.63. The highest BCUT2D eigenvalue weighted by atomic mass is 32.1. The van der Waals surface area contributed by atoms with Crippen LogP contribution in [0.25, 0.3) is 10.6 Å². The third-order valence-corrected chi connectivity index (χ3v) is 5.40. The van der Waals surface area contributed by atoms with Crippen molar-refractivity contribution < 1.29 is 4.79 Å². The molecular weight excluding hydrogens is 332 g/mol. The lowest BCUT2D eigenvalue weighted by Gasteiger charge is -2.16. The number of hydrogen-bond acceptors (Lipinski definition) is 4. The van der Waals surface area contributed by atoms with Crippen LogP contribution in [0.3, 0.4) is 0 Å². The van der Waals surface area contributed by atoms with Crippen LogP contribution in [0.4, 0.5) is 0 Å². The molecule has 0 aliphatic rings. The molecule has 130 valence electrons. The van der Waals surface area contributed by atoms with E-state index in [9.17, 15) is 4.79 Å². The van der Waals surface area contributed by atoms with E-state index in [1.807, 2.05) is 61.1 Å². The number of nitrogens with zero attached hydrogens (tertiary/aromatic N) is 2. The fourth-order valence-electron chi connectivity index (χ4n) is 2.79. The fourth-order valence-corrected chi connectivity index (χ4v) is 3.93. The Morgan fingerprint density at radius 2 is 2.08 bits per heavy atom. The molecular formula is C19H22N4OS. The van der Waals surface area contributed by atoms with Crippen molar-refractivity contribution in [3.63, 3.8) is 0 Å². The molecule has 5 nitrogen and oxygen atoms in total. The predicted molar refractivity (Wildman–Crippen MR) is 102 cm³/mol. The summed E-state index contributed by atoms with van der Waals surface area (Å²) in [4.78, 5) is 14.4. The van der Waals surface area contributed by atoms with E-state index in [1.54, 1.807) is 6.20 Å². The van der Waals surface area contributed by atoms with Crippen LogP contribution in [0.1, 0.15) is 20.8 Å². The van der Waals surface area contributed by atoms with Crippen LogP contribution < -0.4 is 11.1 Å². The van der Waals surface area contributed by atoms with Crippen molar-refractivity contribution >= 4 is 17.2 Å². The van der Waals surface area contributed by atoms with Gasteiger partial charge in [-0.3, -0.25) is 9.48 Å². The molecule has 2 aromatic heterocycles. The van der Waals surface area contributed by atoms with Crippen molar-refractivity contribution in [2.75, 3.05) is 6.54 Å². The third kappa shape index (κ3) is 3.97. The summed E-state index contributed by atoms with van der Waals surface area (Å²) in [6.45, 7) is 2.42. The highest BCUT2D eigenvalue weighted by Crippen LogP contribution is 2.31. The Labute approximate surface area is 151 Å². The molecule has 1 atom stereocenters. The van der Waals surface area contributed by atoms with E-state index in [-0.39, 0.29) is 11.9 Å². The number of aryl methyl sites for hydroxylation is 2. The standard InChI is InChI=1S/C19H22N4OS/c1-13-10-17(25-18(13)16-8-9-21-23(16)2)19(24)22-15(12-20)11-14-6-4-3-5-7-14/h3-10,15H,11-12,20H2,1-2H3,(H,22,24). The van der Waals surface area contributed by atoms with E-state index in [0.29, 0.717) is 11.4 Å². The van der Waals surface area contributed by atoms with Gasteiger partial charge in [0.1, 0.15) is 0 Å². The first-order chi connectivity index (χ1) is 12.1. The zero-order valence-electron chi connectivity index (χ0n) is 14.4. The van der Waals surface area contributed by atoms with Crippen molar-refractivity contribution in [1.29, 1.82) is 0 Å². The molecule has 1 unspecified atom stereocenters. The first-order valence-corrected chi connectivity index (χ1v) is 9.03. The van der Waals surface area contributed by atoms with Crippen molar-refractivity contribution in [3.8, 4) is 10.6 Å². The van der Waals surface area contributed by atoms with Crippen molar-refractivity contribution in [1.82, 2.24) is 15.1 Å². The van der Waals surface area contributed by atoms with E-state index in [1.165, 1.54) is 11.3 Å². The topological polar surface area (TPSA) is 72.9 Å². The number of nitrogens with two attached hydrogens (primary N) is 1. The Balaban J connectivity index is 1.73. The van der Waals surface area contributed by atoms with Gasteiger partial charge in [-0.05, 0) is 36.6 Å². The van der Waals surface area contributed by atoms with Crippen molar-refractivity contribution in [2.24, 2.45) is 12.8 Å². The Kier molecular flexibility index (Phi) is 5.31. The molecule has 0 fully saturated rings. The van der Waals surface area contributed by atoms with Gasteiger partial charge in [0.2, 0.25) is 0 Å². The predicted octanol–water partition coefficient (Wildman–Crippen LogP) is 2.76. The number of rotatable bonds is 6. The van der Waals surface area contributed by atoms with Crippen LogP contribution in [0.5, 0.6) is 0 Å². The van der Waals surface area contributed by atoms with Gasteiger partial charge in [-0.2, -0.15) is 5.10 Å². The maximum absolute atomic E-state index is 12.6. The second-order valence-electron chi connectivity index (χ2n) is 6.06. The highest BCUT2D eigenvalue weighted by Gasteiger charge is 2.18. The first-order valence-electron chi connectivity index (χ1n) is 8.22. The van der Waals surface area contributed by atoms with Crippen LogP contribution in [-0.2, 0) is 13.5 Å². The summed E-state index contributed by atoms with van der Waals surface area (Å²) in [5.41, 5.74) is 9.11. The number of carbonyl (C=O) groups is 1. The van der Waals surface area contributed by atoms with E-state index in [0.717, 1.165) is 28.1 Å². The molecule has 0 aliphatic heterocycles. The molecule has 0 radical (unpaired) electrons.